The molecule has 0 bridgehead atoms. The van der Waals surface area contributed by atoms with E-state index in [-0.39, 0.29) is 39.2 Å². The van der Waals surface area contributed by atoms with E-state index >= 15 is 0 Å². The Bertz CT molecular complexity index is 1670. The number of ether oxygens (including phenoxy) is 1. The average Bonchev–Trinajstić information content (AvgIpc) is 3.60. The van der Waals surface area contributed by atoms with E-state index in [9.17, 15) is 5.11 Å². The number of benzene rings is 1. The van der Waals surface area contributed by atoms with E-state index < -0.39 is 22.7 Å². The fourth-order valence-electron chi connectivity index (χ4n) is 9.77. The molecule has 0 aromatic heterocycles. The second kappa shape index (κ2) is 15.6. The summed E-state index contributed by atoms with van der Waals surface area (Å²) in [5.74, 6) is 2.32. The molecule has 8 atom stereocenters. The van der Waals surface area contributed by atoms with Gasteiger partial charge in [-0.15, -0.1) is 0 Å². The molecule has 1 heterocycles. The zero-order chi connectivity index (χ0) is 40.2. The summed E-state index contributed by atoms with van der Waals surface area (Å²) in [6.07, 6.45) is 18.7. The molecule has 304 valence electrons. The summed E-state index contributed by atoms with van der Waals surface area (Å²) < 4.78 is 20.4. The van der Waals surface area contributed by atoms with Crippen molar-refractivity contribution in [2.24, 2.45) is 33.6 Å². The number of fused-ring (bicyclic) bond motifs is 1. The van der Waals surface area contributed by atoms with E-state index in [1.807, 2.05) is 6.07 Å². The fourth-order valence-corrected chi connectivity index (χ4v) is 12.4. The smallest absolute Gasteiger partial charge is 0.193 e. The molecule has 4 aliphatic carbocycles. The van der Waals surface area contributed by atoms with E-state index in [4.69, 9.17) is 25.2 Å². The van der Waals surface area contributed by atoms with Gasteiger partial charge in [-0.2, -0.15) is 0 Å². The standard InChI is InChI=1S/C48H75NO4Si2/c1-33(21-26-43(50)48(28-29-48)44-49-41(32-51-44)36-18-15-14-16-19-36)39-24-25-40-35(20-17-27-47(39,40)9)22-23-37-30-38(52-54(10,11)45(3,4)5)31-42(34(37)2)53-55(12,13)46(6,7)8/h14-16,18-19,21-23,26,33,38-43,50H,2,17,20,24-25,27-32H2,1,3-13H3/t33-,38-,39-,40+,41+,42+,43+,47-/m1/s1. The summed E-state index contributed by atoms with van der Waals surface area (Å²) in [6, 6.07) is 10.4. The van der Waals surface area contributed by atoms with Gasteiger partial charge in [0.2, 0.25) is 0 Å². The fraction of sp³-hybridized carbons (Fsp3) is 0.688. The van der Waals surface area contributed by atoms with Crippen molar-refractivity contribution in [1.82, 2.24) is 0 Å². The highest BCUT2D eigenvalue weighted by atomic mass is 28.4. The lowest BCUT2D eigenvalue weighted by Gasteiger charge is -2.45. The molecule has 5 aliphatic rings. The molecule has 4 fully saturated rings. The van der Waals surface area contributed by atoms with E-state index in [2.05, 4.69) is 130 Å². The highest BCUT2D eigenvalue weighted by molar-refractivity contribution is 6.74. The van der Waals surface area contributed by atoms with Gasteiger partial charge in [0.15, 0.2) is 22.5 Å². The second-order valence-electron chi connectivity index (χ2n) is 21.4. The van der Waals surface area contributed by atoms with Gasteiger partial charge in [0.25, 0.3) is 0 Å². The summed E-state index contributed by atoms with van der Waals surface area (Å²) in [4.78, 5) is 4.98. The summed E-state index contributed by atoms with van der Waals surface area (Å²) in [5, 5.41) is 11.8. The average molecular weight is 786 g/mol. The molecular weight excluding hydrogens is 711 g/mol. The third-order valence-electron chi connectivity index (χ3n) is 15.6. The Labute approximate surface area is 337 Å². The van der Waals surface area contributed by atoms with Crippen molar-refractivity contribution in [1.29, 1.82) is 0 Å². The summed E-state index contributed by atoms with van der Waals surface area (Å²) in [6.45, 7) is 33.7. The number of rotatable bonds is 11. The van der Waals surface area contributed by atoms with Crippen molar-refractivity contribution in [3.8, 4) is 0 Å². The third kappa shape index (κ3) is 8.72. The van der Waals surface area contributed by atoms with Crippen molar-refractivity contribution in [2.45, 2.75) is 174 Å². The van der Waals surface area contributed by atoms with Crippen molar-refractivity contribution in [2.75, 3.05) is 6.61 Å². The van der Waals surface area contributed by atoms with Gasteiger partial charge < -0.3 is 18.7 Å². The number of aliphatic imine (C=N–C) groups is 1. The quantitative estimate of drug-likeness (QED) is 0.179. The Morgan fingerprint density at radius 3 is 2.22 bits per heavy atom. The maximum atomic E-state index is 11.6. The highest BCUT2D eigenvalue weighted by Crippen LogP contribution is 2.60. The predicted molar refractivity (Wildman–Crippen MR) is 235 cm³/mol. The maximum absolute atomic E-state index is 11.6. The largest absolute Gasteiger partial charge is 0.478 e. The first kappa shape index (κ1) is 42.6. The second-order valence-corrected chi connectivity index (χ2v) is 30.9. The summed E-state index contributed by atoms with van der Waals surface area (Å²) >= 11 is 0. The van der Waals surface area contributed by atoms with E-state index in [0.29, 0.717) is 24.4 Å². The molecule has 7 heteroatoms. The third-order valence-corrected chi connectivity index (χ3v) is 24.6. The van der Waals surface area contributed by atoms with Gasteiger partial charge in [-0.05, 0) is 128 Å². The van der Waals surface area contributed by atoms with Gasteiger partial charge in [-0.1, -0.05) is 122 Å². The van der Waals surface area contributed by atoms with Crippen LogP contribution < -0.4 is 0 Å². The number of hydrogen-bond acceptors (Lipinski definition) is 5. The summed E-state index contributed by atoms with van der Waals surface area (Å²) in [7, 11) is -3.98. The Kier molecular flexibility index (Phi) is 12.1. The van der Waals surface area contributed by atoms with Crippen LogP contribution in [0.25, 0.3) is 0 Å². The molecule has 55 heavy (non-hydrogen) atoms. The zero-order valence-corrected chi connectivity index (χ0v) is 38.6. The number of hydrogen-bond donors (Lipinski definition) is 1. The van der Waals surface area contributed by atoms with Crippen LogP contribution in [0.15, 0.2) is 82.9 Å². The van der Waals surface area contributed by atoms with Crippen LogP contribution in [0, 0.1) is 28.6 Å². The lowest BCUT2D eigenvalue weighted by atomic mass is 9.61. The first-order valence-electron chi connectivity index (χ1n) is 21.6. The molecule has 4 saturated carbocycles. The van der Waals surface area contributed by atoms with Gasteiger partial charge >= 0.3 is 0 Å². The van der Waals surface area contributed by atoms with Crippen molar-refractivity contribution in [3.63, 3.8) is 0 Å². The van der Waals surface area contributed by atoms with E-state index in [1.165, 1.54) is 43.2 Å². The maximum Gasteiger partial charge on any atom is 0.193 e. The Balaban J connectivity index is 1.17. The van der Waals surface area contributed by atoms with Crippen LogP contribution in [0.2, 0.25) is 36.3 Å². The Hall–Kier alpha value is -2.04. The van der Waals surface area contributed by atoms with Crippen LogP contribution in [0.3, 0.4) is 0 Å². The molecule has 5 nitrogen and oxygen atoms in total. The topological polar surface area (TPSA) is 60.3 Å². The van der Waals surface area contributed by atoms with Crippen molar-refractivity contribution < 1.29 is 18.7 Å². The number of aliphatic hydroxyl groups is 1. The van der Waals surface area contributed by atoms with Crippen molar-refractivity contribution >= 4 is 22.5 Å². The molecule has 1 N–H and O–H groups in total. The van der Waals surface area contributed by atoms with Gasteiger partial charge in [-0.3, -0.25) is 0 Å². The van der Waals surface area contributed by atoms with Crippen LogP contribution in [0.4, 0.5) is 0 Å². The van der Waals surface area contributed by atoms with Gasteiger partial charge in [-0.25, -0.2) is 4.99 Å². The Morgan fingerprint density at radius 1 is 0.927 bits per heavy atom. The lowest BCUT2D eigenvalue weighted by Crippen LogP contribution is -2.49. The summed E-state index contributed by atoms with van der Waals surface area (Å²) in [5.41, 5.74) is 5.16. The van der Waals surface area contributed by atoms with Gasteiger partial charge in [0.1, 0.15) is 12.6 Å². The Morgan fingerprint density at radius 2 is 1.58 bits per heavy atom. The molecule has 0 spiro atoms. The number of nitrogens with zero attached hydrogens (tertiary/aromatic N) is 1. The minimum absolute atomic E-state index is 0.00287. The molecule has 0 radical (unpaired) electrons. The van der Waals surface area contributed by atoms with Gasteiger partial charge in [0, 0.05) is 6.42 Å². The monoisotopic (exact) mass is 786 g/mol. The zero-order valence-electron chi connectivity index (χ0n) is 36.6. The highest BCUT2D eigenvalue weighted by Gasteiger charge is 2.56. The molecule has 1 aromatic carbocycles. The SMILES string of the molecule is C=C1C(=CC=C2CCC[C@]3(C)[C@@H]([C@H](C)C=C[C@H](O)C4(C5=N[C@H](c6ccccc6)CO5)CC4)CC[C@@H]23)C[C@@H](O[Si](C)(C)C(C)(C)C)C[C@@H]1O[Si](C)(C)C(C)(C)C. The lowest BCUT2D eigenvalue weighted by molar-refractivity contribution is 0.0969. The molecular formula is C48H75NO4Si2. The molecule has 1 aromatic rings. The van der Waals surface area contributed by atoms with Crippen molar-refractivity contribution in [3.05, 3.63) is 83.5 Å². The first-order valence-corrected chi connectivity index (χ1v) is 27.5. The van der Waals surface area contributed by atoms with E-state index in [1.54, 1.807) is 5.57 Å². The van der Waals surface area contributed by atoms with Crippen LogP contribution in [0.5, 0.6) is 0 Å². The van der Waals surface area contributed by atoms with Crippen LogP contribution in [0.1, 0.15) is 125 Å². The molecule has 1 aliphatic heterocycles. The minimum atomic E-state index is -2.01. The van der Waals surface area contributed by atoms with Gasteiger partial charge in [0.05, 0.1) is 23.7 Å². The molecule has 0 saturated heterocycles. The van der Waals surface area contributed by atoms with Crippen LogP contribution in [-0.4, -0.2) is 52.6 Å². The van der Waals surface area contributed by atoms with E-state index in [0.717, 1.165) is 37.2 Å². The first-order chi connectivity index (χ1) is 25.6. The molecule has 0 unspecified atom stereocenters. The van der Waals surface area contributed by atoms with Crippen LogP contribution in [-0.2, 0) is 13.6 Å². The minimum Gasteiger partial charge on any atom is -0.478 e. The van der Waals surface area contributed by atoms with Crippen LogP contribution >= 0.6 is 0 Å². The predicted octanol–water partition coefficient (Wildman–Crippen LogP) is 12.7. The number of allylic oxidation sites excluding steroid dienone is 4. The number of aliphatic hydroxyl groups excluding tert-OH is 1. The molecule has 6 rings (SSSR count). The molecule has 0 amide bonds. The normalized spacial score (nSPS) is 32.8.